The first-order valence-electron chi connectivity index (χ1n) is 5.32. The van der Waals surface area contributed by atoms with E-state index in [9.17, 15) is 8.42 Å². The number of rotatable bonds is 4. The Balaban J connectivity index is 2.30. The van der Waals surface area contributed by atoms with Gasteiger partial charge < -0.3 is 0 Å². The van der Waals surface area contributed by atoms with Crippen LogP contribution < -0.4 is 4.72 Å². The molecular formula is C11H12BrN3O2S. The van der Waals surface area contributed by atoms with Crippen molar-refractivity contribution in [3.63, 3.8) is 0 Å². The van der Waals surface area contributed by atoms with Crippen LogP contribution in [0.2, 0.25) is 0 Å². The lowest BCUT2D eigenvalue weighted by molar-refractivity contribution is 0.600. The van der Waals surface area contributed by atoms with E-state index in [1.54, 1.807) is 29.1 Å². The topological polar surface area (TPSA) is 64.0 Å². The number of hydrogen-bond donors (Lipinski definition) is 1. The second-order valence-corrected chi connectivity index (χ2v) is 6.13. The highest BCUT2D eigenvalue weighted by Gasteiger charge is 2.17. The Morgan fingerprint density at radius 3 is 2.72 bits per heavy atom. The average Bonchev–Trinajstić information content (AvgIpc) is 2.76. The van der Waals surface area contributed by atoms with Crippen LogP contribution in [0, 0.1) is 0 Å². The second-order valence-electron chi connectivity index (χ2n) is 3.62. The molecule has 0 aliphatic carbocycles. The molecule has 2 aromatic rings. The maximum atomic E-state index is 12.1. The molecule has 0 atom stereocenters. The first kappa shape index (κ1) is 13.1. The van der Waals surface area contributed by atoms with Crippen molar-refractivity contribution >= 4 is 31.6 Å². The van der Waals surface area contributed by atoms with Gasteiger partial charge in [0.1, 0.15) is 4.90 Å². The fourth-order valence-electron chi connectivity index (χ4n) is 1.46. The summed E-state index contributed by atoms with van der Waals surface area (Å²) in [4.78, 5) is 0.203. The van der Waals surface area contributed by atoms with Gasteiger partial charge in [-0.1, -0.05) is 12.1 Å². The number of anilines is 1. The minimum Gasteiger partial charge on any atom is -0.276 e. The van der Waals surface area contributed by atoms with E-state index in [2.05, 4.69) is 25.8 Å². The van der Waals surface area contributed by atoms with Gasteiger partial charge in [-0.05, 0) is 35.0 Å². The standard InChI is InChI=1S/C11H12BrN3O2S/c1-2-15-8-9(7-13-15)14-18(16,17)11-6-4-3-5-10(11)12/h3-8,14H,2H2,1H3. The largest absolute Gasteiger partial charge is 0.276 e. The third-order valence-electron chi connectivity index (χ3n) is 2.34. The predicted octanol–water partition coefficient (Wildman–Crippen LogP) is 2.47. The molecule has 0 radical (unpaired) electrons. The zero-order chi connectivity index (χ0) is 13.2. The molecule has 0 spiro atoms. The van der Waals surface area contributed by atoms with Crippen LogP contribution in [0.4, 0.5) is 5.69 Å². The van der Waals surface area contributed by atoms with Crippen LogP contribution in [0.3, 0.4) is 0 Å². The van der Waals surface area contributed by atoms with E-state index in [-0.39, 0.29) is 4.90 Å². The van der Waals surface area contributed by atoms with E-state index in [0.29, 0.717) is 16.7 Å². The predicted molar refractivity (Wildman–Crippen MR) is 72.9 cm³/mol. The maximum absolute atomic E-state index is 12.1. The zero-order valence-corrected chi connectivity index (χ0v) is 12.1. The van der Waals surface area contributed by atoms with Gasteiger partial charge in [0.2, 0.25) is 0 Å². The van der Waals surface area contributed by atoms with E-state index < -0.39 is 10.0 Å². The Bertz CT molecular complexity index is 652. The molecular weight excluding hydrogens is 318 g/mol. The minimum absolute atomic E-state index is 0.203. The van der Waals surface area contributed by atoms with Gasteiger partial charge in [0, 0.05) is 17.2 Å². The molecule has 0 bridgehead atoms. The molecule has 0 saturated carbocycles. The Labute approximate surface area is 114 Å². The van der Waals surface area contributed by atoms with Crippen molar-refractivity contribution in [2.45, 2.75) is 18.4 Å². The van der Waals surface area contributed by atoms with Crippen molar-refractivity contribution in [2.75, 3.05) is 4.72 Å². The smallest absolute Gasteiger partial charge is 0.263 e. The SMILES string of the molecule is CCn1cc(NS(=O)(=O)c2ccccc2Br)cn1. The van der Waals surface area contributed by atoms with Gasteiger partial charge in [-0.2, -0.15) is 5.10 Å². The molecule has 1 aromatic carbocycles. The number of nitrogens with one attached hydrogen (secondary N) is 1. The Kier molecular flexibility index (Phi) is 3.72. The van der Waals surface area contributed by atoms with E-state index in [1.165, 1.54) is 12.3 Å². The number of aryl methyl sites for hydroxylation is 1. The molecule has 1 heterocycles. The van der Waals surface area contributed by atoms with Crippen LogP contribution in [0.15, 0.2) is 46.0 Å². The summed E-state index contributed by atoms with van der Waals surface area (Å²) < 4.78 is 29.0. The highest BCUT2D eigenvalue weighted by atomic mass is 79.9. The van der Waals surface area contributed by atoms with Crippen LogP contribution >= 0.6 is 15.9 Å². The van der Waals surface area contributed by atoms with Crippen molar-refractivity contribution in [1.82, 2.24) is 9.78 Å². The van der Waals surface area contributed by atoms with Gasteiger partial charge in [0.05, 0.1) is 11.9 Å². The molecule has 1 N–H and O–H groups in total. The summed E-state index contributed by atoms with van der Waals surface area (Å²) in [5.74, 6) is 0. The maximum Gasteiger partial charge on any atom is 0.263 e. The normalized spacial score (nSPS) is 11.4. The summed E-state index contributed by atoms with van der Waals surface area (Å²) in [6.07, 6.45) is 3.13. The number of halogens is 1. The monoisotopic (exact) mass is 329 g/mol. The number of benzene rings is 1. The van der Waals surface area contributed by atoms with Crippen molar-refractivity contribution in [2.24, 2.45) is 0 Å². The van der Waals surface area contributed by atoms with Gasteiger partial charge in [-0.25, -0.2) is 8.42 Å². The lowest BCUT2D eigenvalue weighted by atomic mass is 10.4. The molecule has 0 saturated heterocycles. The summed E-state index contributed by atoms with van der Waals surface area (Å²) in [6, 6.07) is 6.66. The highest BCUT2D eigenvalue weighted by molar-refractivity contribution is 9.10. The van der Waals surface area contributed by atoms with Gasteiger partial charge in [-0.3, -0.25) is 9.40 Å². The first-order valence-corrected chi connectivity index (χ1v) is 7.60. The number of hydrogen-bond acceptors (Lipinski definition) is 3. The Hall–Kier alpha value is -1.34. The fourth-order valence-corrected chi connectivity index (χ4v) is 3.49. The molecule has 0 aliphatic rings. The van der Waals surface area contributed by atoms with Crippen LogP contribution in [-0.2, 0) is 16.6 Å². The third-order valence-corrected chi connectivity index (χ3v) is 4.73. The molecule has 5 nitrogen and oxygen atoms in total. The summed E-state index contributed by atoms with van der Waals surface area (Å²) in [5, 5.41) is 4.01. The van der Waals surface area contributed by atoms with Crippen molar-refractivity contribution < 1.29 is 8.42 Å². The number of sulfonamides is 1. The van der Waals surface area contributed by atoms with Gasteiger partial charge >= 0.3 is 0 Å². The van der Waals surface area contributed by atoms with E-state index in [0.717, 1.165) is 0 Å². The number of nitrogens with zero attached hydrogens (tertiary/aromatic N) is 2. The minimum atomic E-state index is -3.59. The van der Waals surface area contributed by atoms with Gasteiger partial charge in [0.25, 0.3) is 10.0 Å². The van der Waals surface area contributed by atoms with Crippen LogP contribution in [0.5, 0.6) is 0 Å². The summed E-state index contributed by atoms with van der Waals surface area (Å²) in [5.41, 5.74) is 0.451. The fraction of sp³-hybridized carbons (Fsp3) is 0.182. The molecule has 96 valence electrons. The van der Waals surface area contributed by atoms with E-state index in [4.69, 9.17) is 0 Å². The van der Waals surface area contributed by atoms with E-state index >= 15 is 0 Å². The first-order chi connectivity index (χ1) is 8.53. The summed E-state index contributed by atoms with van der Waals surface area (Å²) in [6.45, 7) is 2.62. The van der Waals surface area contributed by atoms with Crippen LogP contribution in [-0.4, -0.2) is 18.2 Å². The lowest BCUT2D eigenvalue weighted by Crippen LogP contribution is -2.13. The molecule has 0 aliphatic heterocycles. The third kappa shape index (κ3) is 2.73. The van der Waals surface area contributed by atoms with Crippen LogP contribution in [0.25, 0.3) is 0 Å². The van der Waals surface area contributed by atoms with Crippen molar-refractivity contribution in [1.29, 1.82) is 0 Å². The lowest BCUT2D eigenvalue weighted by Gasteiger charge is -2.07. The van der Waals surface area contributed by atoms with Crippen molar-refractivity contribution in [3.05, 3.63) is 41.1 Å². The molecule has 1 aromatic heterocycles. The van der Waals surface area contributed by atoms with E-state index in [1.807, 2.05) is 6.92 Å². The quantitative estimate of drug-likeness (QED) is 0.937. The second kappa shape index (κ2) is 5.11. The van der Waals surface area contributed by atoms with Crippen LogP contribution in [0.1, 0.15) is 6.92 Å². The molecule has 0 fully saturated rings. The molecule has 0 unspecified atom stereocenters. The van der Waals surface area contributed by atoms with Crippen molar-refractivity contribution in [3.8, 4) is 0 Å². The van der Waals surface area contributed by atoms with Gasteiger partial charge in [0.15, 0.2) is 0 Å². The summed E-state index contributed by atoms with van der Waals surface area (Å²) in [7, 11) is -3.59. The highest BCUT2D eigenvalue weighted by Crippen LogP contribution is 2.23. The molecule has 2 rings (SSSR count). The Morgan fingerprint density at radius 1 is 1.39 bits per heavy atom. The molecule has 18 heavy (non-hydrogen) atoms. The Morgan fingerprint density at radius 2 is 2.11 bits per heavy atom. The van der Waals surface area contributed by atoms with Gasteiger partial charge in [-0.15, -0.1) is 0 Å². The molecule has 7 heteroatoms. The zero-order valence-electron chi connectivity index (χ0n) is 9.67. The average molecular weight is 330 g/mol. The summed E-state index contributed by atoms with van der Waals surface area (Å²) >= 11 is 3.22. The number of aromatic nitrogens is 2. The molecule has 0 amide bonds.